The van der Waals surface area contributed by atoms with Crippen molar-refractivity contribution in [3.63, 3.8) is 0 Å². The number of hydrogen-bond acceptors (Lipinski definition) is 4. The molecule has 6 heteroatoms. The molecule has 18 heavy (non-hydrogen) atoms. The molecular formula is C12H13N3O2S. The Morgan fingerprint density at radius 2 is 2.17 bits per heavy atom. The second-order valence-corrected chi connectivity index (χ2v) is 4.98. The second-order valence-electron chi connectivity index (χ2n) is 4.01. The molecule has 5 nitrogen and oxygen atoms in total. The summed E-state index contributed by atoms with van der Waals surface area (Å²) >= 11 is 0.940. The third-order valence-corrected chi connectivity index (χ3v) is 3.79. The van der Waals surface area contributed by atoms with Crippen molar-refractivity contribution in [2.24, 2.45) is 7.05 Å². The Hall–Kier alpha value is -1.95. The molecule has 1 N–H and O–H groups in total. The number of hydrogen-bond donors (Lipinski definition) is 1. The second kappa shape index (κ2) is 4.73. The van der Waals surface area contributed by atoms with E-state index in [4.69, 9.17) is 0 Å². The zero-order valence-corrected chi connectivity index (χ0v) is 11.2. The first-order valence-corrected chi connectivity index (χ1v) is 6.21. The molecule has 0 saturated carbocycles. The van der Waals surface area contributed by atoms with E-state index < -0.39 is 0 Å². The smallest absolute Gasteiger partial charge is 0.306 e. The average molecular weight is 263 g/mol. The summed E-state index contributed by atoms with van der Waals surface area (Å²) in [5.41, 5.74) is 1.67. The Bertz CT molecular complexity index is 658. The van der Waals surface area contributed by atoms with Gasteiger partial charge in [-0.25, -0.2) is 4.98 Å². The normalized spacial score (nSPS) is 10.4. The van der Waals surface area contributed by atoms with Gasteiger partial charge in [-0.2, -0.15) is 0 Å². The molecule has 2 heterocycles. The predicted octanol–water partition coefficient (Wildman–Crippen LogP) is 1.71. The molecule has 0 saturated heterocycles. The zero-order valence-electron chi connectivity index (χ0n) is 10.4. The molecule has 0 atom stereocenters. The van der Waals surface area contributed by atoms with Crippen molar-refractivity contribution < 1.29 is 4.79 Å². The molecule has 0 aliphatic heterocycles. The van der Waals surface area contributed by atoms with E-state index in [2.05, 4.69) is 10.3 Å². The fourth-order valence-electron chi connectivity index (χ4n) is 1.51. The van der Waals surface area contributed by atoms with E-state index in [9.17, 15) is 9.59 Å². The van der Waals surface area contributed by atoms with Crippen LogP contribution in [0.5, 0.6) is 0 Å². The first kappa shape index (κ1) is 12.5. The highest BCUT2D eigenvalue weighted by Crippen LogP contribution is 2.13. The minimum absolute atomic E-state index is 0.144. The Morgan fingerprint density at radius 1 is 1.44 bits per heavy atom. The van der Waals surface area contributed by atoms with E-state index in [1.165, 1.54) is 4.57 Å². The highest BCUT2D eigenvalue weighted by Gasteiger charge is 2.16. The number of anilines is 1. The minimum atomic E-state index is -0.298. The zero-order chi connectivity index (χ0) is 13.3. The molecule has 0 aliphatic rings. The highest BCUT2D eigenvalue weighted by atomic mass is 32.1. The van der Waals surface area contributed by atoms with Gasteiger partial charge < -0.3 is 9.88 Å². The van der Waals surface area contributed by atoms with E-state index >= 15 is 0 Å². The van der Waals surface area contributed by atoms with E-state index in [0.717, 1.165) is 16.9 Å². The lowest BCUT2D eigenvalue weighted by atomic mass is 10.3. The number of aryl methyl sites for hydroxylation is 1. The van der Waals surface area contributed by atoms with E-state index in [1.54, 1.807) is 26.2 Å². The number of nitrogens with zero attached hydrogens (tertiary/aromatic N) is 2. The van der Waals surface area contributed by atoms with E-state index in [1.807, 2.05) is 13.0 Å². The minimum Gasteiger partial charge on any atom is -0.306 e. The topological polar surface area (TPSA) is 64.0 Å². The maximum Gasteiger partial charge on any atom is 0.307 e. The monoisotopic (exact) mass is 263 g/mol. The molecular weight excluding hydrogens is 250 g/mol. The first-order chi connectivity index (χ1) is 8.49. The van der Waals surface area contributed by atoms with Crippen molar-refractivity contribution in [3.05, 3.63) is 44.1 Å². The third-order valence-electron chi connectivity index (χ3n) is 2.66. The van der Waals surface area contributed by atoms with Gasteiger partial charge in [0.2, 0.25) is 0 Å². The summed E-state index contributed by atoms with van der Waals surface area (Å²) in [6.07, 6.45) is 1.63. The van der Waals surface area contributed by atoms with Crippen LogP contribution in [0.25, 0.3) is 0 Å². The molecule has 2 aromatic heterocycles. The average Bonchev–Trinajstić information content (AvgIpc) is 2.57. The maximum absolute atomic E-state index is 12.0. The van der Waals surface area contributed by atoms with E-state index in [0.29, 0.717) is 16.4 Å². The number of pyridine rings is 1. The number of carbonyl (C=O) groups is 1. The summed E-state index contributed by atoms with van der Waals surface area (Å²) in [5.74, 6) is 0.191. The number of carbonyl (C=O) groups excluding carboxylic acids is 1. The SMILES string of the molecule is Cc1ccnc(NC(=O)c2sc(=O)n(C)c2C)c1. The number of nitrogens with one attached hydrogen (secondary N) is 1. The van der Waals surface area contributed by atoms with Gasteiger partial charge in [-0.1, -0.05) is 11.3 Å². The Balaban J connectivity index is 2.27. The van der Waals surface area contributed by atoms with E-state index in [-0.39, 0.29) is 10.8 Å². The molecule has 2 rings (SSSR count). The van der Waals surface area contributed by atoms with Crippen LogP contribution in [0.4, 0.5) is 5.82 Å². The van der Waals surface area contributed by atoms with Gasteiger partial charge in [-0.05, 0) is 31.5 Å². The molecule has 0 fully saturated rings. The number of amides is 1. The van der Waals surface area contributed by atoms with Crippen LogP contribution >= 0.6 is 11.3 Å². The summed E-state index contributed by atoms with van der Waals surface area (Å²) in [4.78, 5) is 27.8. The van der Waals surface area contributed by atoms with Crippen LogP contribution in [0.15, 0.2) is 23.1 Å². The lowest BCUT2D eigenvalue weighted by Gasteiger charge is -2.04. The molecule has 0 spiro atoms. The number of rotatable bonds is 2. The Morgan fingerprint density at radius 3 is 2.72 bits per heavy atom. The van der Waals surface area contributed by atoms with Gasteiger partial charge in [-0.15, -0.1) is 0 Å². The predicted molar refractivity (Wildman–Crippen MR) is 71.2 cm³/mol. The van der Waals surface area contributed by atoms with Crippen molar-refractivity contribution in [3.8, 4) is 0 Å². The summed E-state index contributed by atoms with van der Waals surface area (Å²) in [5, 5.41) is 2.69. The largest absolute Gasteiger partial charge is 0.307 e. The molecule has 0 radical (unpaired) electrons. The van der Waals surface area contributed by atoms with Crippen LogP contribution in [-0.4, -0.2) is 15.5 Å². The van der Waals surface area contributed by atoms with Gasteiger partial charge in [0.05, 0.1) is 0 Å². The van der Waals surface area contributed by atoms with Gasteiger partial charge in [0, 0.05) is 18.9 Å². The van der Waals surface area contributed by atoms with Gasteiger partial charge in [-0.3, -0.25) is 9.59 Å². The van der Waals surface area contributed by atoms with Crippen molar-refractivity contribution in [2.75, 3.05) is 5.32 Å². The number of aromatic nitrogens is 2. The lowest BCUT2D eigenvalue weighted by Crippen LogP contribution is -2.13. The maximum atomic E-state index is 12.0. The van der Waals surface area contributed by atoms with Crippen LogP contribution < -0.4 is 10.2 Å². The van der Waals surface area contributed by atoms with Gasteiger partial charge in [0.1, 0.15) is 10.7 Å². The number of thiazole rings is 1. The molecule has 1 amide bonds. The van der Waals surface area contributed by atoms with Crippen LogP contribution in [0.1, 0.15) is 20.9 Å². The van der Waals surface area contributed by atoms with Gasteiger partial charge >= 0.3 is 4.87 Å². The molecule has 0 aliphatic carbocycles. The summed E-state index contributed by atoms with van der Waals surface area (Å²) < 4.78 is 1.46. The third kappa shape index (κ3) is 2.33. The van der Waals surface area contributed by atoms with Crippen LogP contribution in [0.3, 0.4) is 0 Å². The van der Waals surface area contributed by atoms with Crippen LogP contribution in [0.2, 0.25) is 0 Å². The van der Waals surface area contributed by atoms with Crippen molar-refractivity contribution >= 4 is 23.1 Å². The van der Waals surface area contributed by atoms with Crippen molar-refractivity contribution in [1.29, 1.82) is 0 Å². The van der Waals surface area contributed by atoms with Crippen LogP contribution in [0, 0.1) is 13.8 Å². The van der Waals surface area contributed by atoms with Gasteiger partial charge in [0.15, 0.2) is 0 Å². The van der Waals surface area contributed by atoms with Crippen molar-refractivity contribution in [1.82, 2.24) is 9.55 Å². The molecule has 0 unspecified atom stereocenters. The fraction of sp³-hybridized carbons (Fsp3) is 0.250. The summed E-state index contributed by atoms with van der Waals surface area (Å²) in [6.45, 7) is 3.67. The lowest BCUT2D eigenvalue weighted by molar-refractivity contribution is 0.102. The Kier molecular flexibility index (Phi) is 3.29. The summed E-state index contributed by atoms with van der Waals surface area (Å²) in [7, 11) is 1.65. The van der Waals surface area contributed by atoms with Crippen LogP contribution in [-0.2, 0) is 7.05 Å². The molecule has 0 aromatic carbocycles. The first-order valence-electron chi connectivity index (χ1n) is 5.39. The quantitative estimate of drug-likeness (QED) is 0.897. The van der Waals surface area contributed by atoms with Crippen molar-refractivity contribution in [2.45, 2.75) is 13.8 Å². The standard InChI is InChI=1S/C12H13N3O2S/c1-7-4-5-13-9(6-7)14-11(16)10-8(2)15(3)12(17)18-10/h4-6H,1-3H3,(H,13,14,16). The Labute approximate surface area is 108 Å². The highest BCUT2D eigenvalue weighted by molar-refractivity contribution is 7.11. The molecule has 94 valence electrons. The summed E-state index contributed by atoms with van der Waals surface area (Å²) in [6, 6.07) is 3.63. The van der Waals surface area contributed by atoms with Gasteiger partial charge in [0.25, 0.3) is 5.91 Å². The molecule has 2 aromatic rings. The molecule has 0 bridgehead atoms. The fourth-order valence-corrected chi connectivity index (χ4v) is 2.38.